The molecule has 3 rings (SSSR count). The lowest BCUT2D eigenvalue weighted by Crippen LogP contribution is -2.40. The molecule has 2 heterocycles. The van der Waals surface area contributed by atoms with Crippen LogP contribution in [-0.2, 0) is 16.0 Å². The van der Waals surface area contributed by atoms with Crippen molar-refractivity contribution in [2.45, 2.75) is 39.5 Å². The molecule has 0 amide bonds. The smallest absolute Gasteiger partial charge is 0.161 e. The Balaban J connectivity index is 1.61. The number of piperidine rings is 1. The highest BCUT2D eigenvalue weighted by molar-refractivity contribution is 5.28. The fourth-order valence-electron chi connectivity index (χ4n) is 3.52. The van der Waals surface area contributed by atoms with Gasteiger partial charge in [-0.2, -0.15) is 0 Å². The highest BCUT2D eigenvalue weighted by Gasteiger charge is 2.30. The lowest BCUT2D eigenvalue weighted by molar-refractivity contribution is -0.101. The third-order valence-corrected chi connectivity index (χ3v) is 4.26. The monoisotopic (exact) mass is 275 g/mol. The van der Waals surface area contributed by atoms with Crippen LogP contribution in [0.15, 0.2) is 18.2 Å². The molecule has 1 aromatic rings. The van der Waals surface area contributed by atoms with Gasteiger partial charge in [0.15, 0.2) is 6.29 Å². The first-order valence-corrected chi connectivity index (χ1v) is 7.73. The number of aryl methyl sites for hydroxylation is 2. The Morgan fingerprint density at radius 3 is 2.50 bits per heavy atom. The van der Waals surface area contributed by atoms with E-state index in [1.165, 1.54) is 36.1 Å². The van der Waals surface area contributed by atoms with Crippen LogP contribution in [0.1, 0.15) is 29.5 Å². The standard InChI is InChI=1S/C17H25NO2/c1-13-8-14(2)10-15(9-13)11-18-5-3-4-16(12-18)17-19-6-7-20-17/h8-10,16-17H,3-7,11-12H2,1-2H3. The van der Waals surface area contributed by atoms with Crippen LogP contribution in [0.3, 0.4) is 0 Å². The van der Waals surface area contributed by atoms with Gasteiger partial charge in [0.25, 0.3) is 0 Å². The van der Waals surface area contributed by atoms with Gasteiger partial charge < -0.3 is 9.47 Å². The molecular weight excluding hydrogens is 250 g/mol. The molecule has 2 aliphatic rings. The summed E-state index contributed by atoms with van der Waals surface area (Å²) < 4.78 is 11.4. The zero-order valence-electron chi connectivity index (χ0n) is 12.6. The Morgan fingerprint density at radius 1 is 1.10 bits per heavy atom. The number of likely N-dealkylation sites (tertiary alicyclic amines) is 1. The fourth-order valence-corrected chi connectivity index (χ4v) is 3.52. The SMILES string of the molecule is Cc1cc(C)cc(CN2CCCC(C3OCCO3)C2)c1. The number of benzene rings is 1. The second-order valence-corrected chi connectivity index (χ2v) is 6.24. The van der Waals surface area contributed by atoms with Gasteiger partial charge in [0.2, 0.25) is 0 Å². The number of hydrogen-bond donors (Lipinski definition) is 0. The summed E-state index contributed by atoms with van der Waals surface area (Å²) in [7, 11) is 0. The number of rotatable bonds is 3. The topological polar surface area (TPSA) is 21.7 Å². The lowest BCUT2D eigenvalue weighted by atomic mass is 9.96. The minimum atomic E-state index is 0.0389. The van der Waals surface area contributed by atoms with Crippen molar-refractivity contribution >= 4 is 0 Å². The van der Waals surface area contributed by atoms with E-state index in [2.05, 4.69) is 36.9 Å². The van der Waals surface area contributed by atoms with Crippen LogP contribution in [0.2, 0.25) is 0 Å². The first kappa shape index (κ1) is 14.1. The van der Waals surface area contributed by atoms with E-state index in [-0.39, 0.29) is 6.29 Å². The van der Waals surface area contributed by atoms with E-state index in [1.807, 2.05) is 0 Å². The van der Waals surface area contributed by atoms with E-state index in [0.29, 0.717) is 5.92 Å². The molecule has 3 heteroatoms. The molecule has 0 N–H and O–H groups in total. The largest absolute Gasteiger partial charge is 0.350 e. The Morgan fingerprint density at radius 2 is 1.80 bits per heavy atom. The van der Waals surface area contributed by atoms with Crippen molar-refractivity contribution in [1.82, 2.24) is 4.90 Å². The molecule has 0 bridgehead atoms. The van der Waals surface area contributed by atoms with Gasteiger partial charge in [0.05, 0.1) is 13.2 Å². The third kappa shape index (κ3) is 3.40. The molecule has 0 saturated carbocycles. The first-order valence-electron chi connectivity index (χ1n) is 7.73. The van der Waals surface area contributed by atoms with E-state index in [4.69, 9.17) is 9.47 Å². The Labute approximate surface area is 121 Å². The summed E-state index contributed by atoms with van der Waals surface area (Å²) in [4.78, 5) is 2.55. The second-order valence-electron chi connectivity index (χ2n) is 6.24. The molecule has 0 aliphatic carbocycles. The van der Waals surface area contributed by atoms with Crippen LogP contribution in [0.4, 0.5) is 0 Å². The van der Waals surface area contributed by atoms with E-state index >= 15 is 0 Å². The number of nitrogens with zero attached hydrogens (tertiary/aromatic N) is 1. The number of hydrogen-bond acceptors (Lipinski definition) is 3. The molecule has 110 valence electrons. The van der Waals surface area contributed by atoms with E-state index in [1.54, 1.807) is 0 Å². The Hall–Kier alpha value is -0.900. The van der Waals surface area contributed by atoms with Crippen molar-refractivity contribution < 1.29 is 9.47 Å². The fraction of sp³-hybridized carbons (Fsp3) is 0.647. The molecule has 0 radical (unpaired) electrons. The van der Waals surface area contributed by atoms with Crippen LogP contribution in [-0.4, -0.2) is 37.5 Å². The molecule has 2 fully saturated rings. The van der Waals surface area contributed by atoms with Crippen molar-refractivity contribution in [2.24, 2.45) is 5.92 Å². The zero-order chi connectivity index (χ0) is 13.9. The molecule has 3 nitrogen and oxygen atoms in total. The maximum absolute atomic E-state index is 5.68. The van der Waals surface area contributed by atoms with Crippen LogP contribution < -0.4 is 0 Å². The van der Waals surface area contributed by atoms with E-state index in [0.717, 1.165) is 26.3 Å². The van der Waals surface area contributed by atoms with Gasteiger partial charge in [0, 0.05) is 19.0 Å². The molecule has 2 saturated heterocycles. The maximum atomic E-state index is 5.68. The zero-order valence-corrected chi connectivity index (χ0v) is 12.6. The van der Waals surface area contributed by atoms with Gasteiger partial charge in [0.1, 0.15) is 0 Å². The van der Waals surface area contributed by atoms with Gasteiger partial charge in [-0.15, -0.1) is 0 Å². The van der Waals surface area contributed by atoms with Gasteiger partial charge in [-0.1, -0.05) is 29.3 Å². The van der Waals surface area contributed by atoms with Crippen LogP contribution >= 0.6 is 0 Å². The van der Waals surface area contributed by atoms with E-state index in [9.17, 15) is 0 Å². The highest BCUT2D eigenvalue weighted by atomic mass is 16.7. The van der Waals surface area contributed by atoms with Gasteiger partial charge in [-0.3, -0.25) is 4.90 Å². The molecule has 0 spiro atoms. The minimum absolute atomic E-state index is 0.0389. The van der Waals surface area contributed by atoms with Crippen molar-refractivity contribution in [2.75, 3.05) is 26.3 Å². The quantitative estimate of drug-likeness (QED) is 0.846. The summed E-state index contributed by atoms with van der Waals surface area (Å²) >= 11 is 0. The molecule has 0 aromatic heterocycles. The summed E-state index contributed by atoms with van der Waals surface area (Å²) in [5.74, 6) is 0.539. The average molecular weight is 275 g/mol. The Kier molecular flexibility index (Phi) is 4.39. The average Bonchev–Trinajstić information content (AvgIpc) is 2.91. The highest BCUT2D eigenvalue weighted by Crippen LogP contribution is 2.26. The van der Waals surface area contributed by atoms with Gasteiger partial charge >= 0.3 is 0 Å². The van der Waals surface area contributed by atoms with Crippen molar-refractivity contribution in [3.63, 3.8) is 0 Å². The summed E-state index contributed by atoms with van der Waals surface area (Å²) in [6.45, 7) is 9.21. The molecule has 2 aliphatic heterocycles. The predicted molar refractivity (Wildman–Crippen MR) is 79.6 cm³/mol. The molecule has 20 heavy (non-hydrogen) atoms. The molecule has 1 aromatic carbocycles. The van der Waals surface area contributed by atoms with Crippen molar-refractivity contribution in [3.8, 4) is 0 Å². The van der Waals surface area contributed by atoms with Gasteiger partial charge in [-0.25, -0.2) is 0 Å². The minimum Gasteiger partial charge on any atom is -0.350 e. The Bertz CT molecular complexity index is 434. The third-order valence-electron chi connectivity index (χ3n) is 4.26. The van der Waals surface area contributed by atoms with Crippen LogP contribution in [0.25, 0.3) is 0 Å². The van der Waals surface area contributed by atoms with Crippen molar-refractivity contribution in [1.29, 1.82) is 0 Å². The lowest BCUT2D eigenvalue weighted by Gasteiger charge is -2.34. The van der Waals surface area contributed by atoms with E-state index < -0.39 is 0 Å². The predicted octanol–water partition coefficient (Wildman–Crippen LogP) is 2.89. The molecule has 1 atom stereocenters. The van der Waals surface area contributed by atoms with Crippen LogP contribution in [0, 0.1) is 19.8 Å². The number of ether oxygens (including phenoxy) is 2. The molecule has 1 unspecified atom stereocenters. The van der Waals surface area contributed by atoms with Gasteiger partial charge in [-0.05, 0) is 38.8 Å². The van der Waals surface area contributed by atoms with Crippen molar-refractivity contribution in [3.05, 3.63) is 34.9 Å². The second kappa shape index (κ2) is 6.25. The summed E-state index contributed by atoms with van der Waals surface area (Å²) in [6.07, 6.45) is 2.52. The summed E-state index contributed by atoms with van der Waals surface area (Å²) in [5, 5.41) is 0. The molecular formula is C17H25NO2. The first-order chi connectivity index (χ1) is 9.70. The maximum Gasteiger partial charge on any atom is 0.161 e. The van der Waals surface area contributed by atoms with Crippen LogP contribution in [0.5, 0.6) is 0 Å². The summed E-state index contributed by atoms with van der Waals surface area (Å²) in [5.41, 5.74) is 4.14. The normalized spacial score (nSPS) is 25.2. The summed E-state index contributed by atoms with van der Waals surface area (Å²) in [6, 6.07) is 6.85.